The number of rotatable bonds is 6. The summed E-state index contributed by atoms with van der Waals surface area (Å²) in [7, 11) is 4.17. The van der Waals surface area contributed by atoms with Gasteiger partial charge in [-0.2, -0.15) is 0 Å². The van der Waals surface area contributed by atoms with Crippen molar-refractivity contribution in [3.05, 3.63) is 42.2 Å². The van der Waals surface area contributed by atoms with E-state index in [4.69, 9.17) is 0 Å². The smallest absolute Gasteiger partial charge is 0.224 e. The Labute approximate surface area is 150 Å². The van der Waals surface area contributed by atoms with E-state index in [2.05, 4.69) is 59.7 Å². The summed E-state index contributed by atoms with van der Waals surface area (Å²) in [4.78, 5) is 20.9. The summed E-state index contributed by atoms with van der Waals surface area (Å²) in [6.07, 6.45) is 6.59. The van der Waals surface area contributed by atoms with Gasteiger partial charge >= 0.3 is 0 Å². The van der Waals surface area contributed by atoms with Crippen LogP contribution in [-0.2, 0) is 11.3 Å². The van der Waals surface area contributed by atoms with Crippen LogP contribution < -0.4 is 0 Å². The third kappa shape index (κ3) is 4.10. The summed E-state index contributed by atoms with van der Waals surface area (Å²) in [5.41, 5.74) is 2.38. The molecule has 134 valence electrons. The highest BCUT2D eigenvalue weighted by Crippen LogP contribution is 2.23. The molecular weight excluding hydrogens is 312 g/mol. The van der Waals surface area contributed by atoms with Gasteiger partial charge in [0.15, 0.2) is 0 Å². The third-order valence-corrected chi connectivity index (χ3v) is 5.17. The Balaban J connectivity index is 1.67. The first-order valence-electron chi connectivity index (χ1n) is 9.12. The average Bonchev–Trinajstić information content (AvgIpc) is 3.30. The largest absolute Gasteiger partial charge is 0.343 e. The van der Waals surface area contributed by atoms with Gasteiger partial charge in [-0.3, -0.25) is 4.79 Å². The minimum absolute atomic E-state index is 0.257. The normalized spacial score (nSPS) is 15.8. The second-order valence-electron chi connectivity index (χ2n) is 7.04. The fourth-order valence-electron chi connectivity index (χ4n) is 3.30. The highest BCUT2D eigenvalue weighted by molar-refractivity contribution is 5.76. The molecule has 2 aromatic rings. The van der Waals surface area contributed by atoms with Crippen LogP contribution in [0.15, 0.2) is 36.7 Å². The summed E-state index contributed by atoms with van der Waals surface area (Å²) in [5.74, 6) is 1.19. The molecule has 25 heavy (non-hydrogen) atoms. The zero-order valence-corrected chi connectivity index (χ0v) is 15.5. The van der Waals surface area contributed by atoms with Crippen molar-refractivity contribution in [2.45, 2.75) is 38.8 Å². The highest BCUT2D eigenvalue weighted by Gasteiger charge is 2.18. The van der Waals surface area contributed by atoms with E-state index >= 15 is 0 Å². The van der Waals surface area contributed by atoms with Crippen molar-refractivity contribution in [3.63, 3.8) is 0 Å². The number of nitrogens with zero attached hydrogens (tertiary/aromatic N) is 4. The van der Waals surface area contributed by atoms with Gasteiger partial charge in [0, 0.05) is 50.1 Å². The van der Waals surface area contributed by atoms with Crippen molar-refractivity contribution in [3.8, 4) is 11.4 Å². The first kappa shape index (κ1) is 17.7. The summed E-state index contributed by atoms with van der Waals surface area (Å²) in [5, 5.41) is 0. The number of hydrogen-bond donors (Lipinski definition) is 0. The Kier molecular flexibility index (Phi) is 5.53. The number of carbonyl (C=O) groups is 1. The van der Waals surface area contributed by atoms with E-state index < -0.39 is 0 Å². The van der Waals surface area contributed by atoms with E-state index in [9.17, 15) is 4.79 Å². The first-order chi connectivity index (χ1) is 12.1. The van der Waals surface area contributed by atoms with Crippen molar-refractivity contribution in [1.29, 1.82) is 0 Å². The van der Waals surface area contributed by atoms with Crippen LogP contribution in [0.2, 0.25) is 0 Å². The first-order valence-corrected chi connectivity index (χ1v) is 9.12. The summed E-state index contributed by atoms with van der Waals surface area (Å²) in [6, 6.07) is 8.95. The molecule has 1 atom stereocenters. The Morgan fingerprint density at radius 1 is 1.20 bits per heavy atom. The fourth-order valence-corrected chi connectivity index (χ4v) is 3.30. The number of hydrogen-bond acceptors (Lipinski definition) is 3. The van der Waals surface area contributed by atoms with Gasteiger partial charge < -0.3 is 14.4 Å². The fraction of sp³-hybridized carbons (Fsp3) is 0.500. The van der Waals surface area contributed by atoms with E-state index in [1.165, 1.54) is 5.56 Å². The molecule has 0 aliphatic carbocycles. The predicted molar refractivity (Wildman–Crippen MR) is 100 cm³/mol. The Hall–Kier alpha value is -2.14. The Morgan fingerprint density at radius 3 is 2.52 bits per heavy atom. The molecule has 1 aliphatic heterocycles. The molecule has 1 aromatic carbocycles. The molecule has 0 unspecified atom stereocenters. The third-order valence-electron chi connectivity index (χ3n) is 5.17. The number of aryl methyl sites for hydroxylation is 1. The van der Waals surface area contributed by atoms with Crippen LogP contribution in [0, 0.1) is 0 Å². The monoisotopic (exact) mass is 340 g/mol. The van der Waals surface area contributed by atoms with E-state index in [0.717, 1.165) is 37.3 Å². The average molecular weight is 340 g/mol. The van der Waals surface area contributed by atoms with Gasteiger partial charge in [-0.25, -0.2) is 4.98 Å². The molecule has 1 saturated heterocycles. The van der Waals surface area contributed by atoms with E-state index in [1.54, 1.807) is 0 Å². The van der Waals surface area contributed by atoms with Gasteiger partial charge in [0.05, 0.1) is 0 Å². The van der Waals surface area contributed by atoms with Gasteiger partial charge in [0.1, 0.15) is 5.82 Å². The SMILES string of the molecule is C[C@@H](c1ccc(-c2nccn2CCC(=O)N2CCCC2)cc1)N(C)C. The van der Waals surface area contributed by atoms with Gasteiger partial charge in [0.2, 0.25) is 5.91 Å². The summed E-state index contributed by atoms with van der Waals surface area (Å²) >= 11 is 0. The molecule has 5 heteroatoms. The molecule has 1 amide bonds. The zero-order valence-electron chi connectivity index (χ0n) is 15.5. The second kappa shape index (κ2) is 7.83. The van der Waals surface area contributed by atoms with E-state index in [0.29, 0.717) is 19.0 Å². The maximum Gasteiger partial charge on any atom is 0.224 e. The van der Waals surface area contributed by atoms with Crippen molar-refractivity contribution >= 4 is 5.91 Å². The number of imidazole rings is 1. The van der Waals surface area contributed by atoms with Crippen molar-refractivity contribution in [2.75, 3.05) is 27.2 Å². The molecule has 5 nitrogen and oxygen atoms in total. The lowest BCUT2D eigenvalue weighted by atomic mass is 10.1. The number of carbonyl (C=O) groups excluding carboxylic acids is 1. The lowest BCUT2D eigenvalue weighted by molar-refractivity contribution is -0.130. The van der Waals surface area contributed by atoms with Crippen LogP contribution in [0.4, 0.5) is 0 Å². The standard InChI is InChI=1S/C20H28N4O/c1-16(22(2)3)17-6-8-18(9-7-17)20-21-11-15-24(20)14-10-19(25)23-12-4-5-13-23/h6-9,11,15-16H,4-5,10,12-14H2,1-3H3/t16-/m0/s1. The maximum absolute atomic E-state index is 12.3. The summed E-state index contributed by atoms with van der Waals surface area (Å²) in [6.45, 7) is 4.71. The van der Waals surface area contributed by atoms with E-state index in [-0.39, 0.29) is 5.91 Å². The van der Waals surface area contributed by atoms with Crippen LogP contribution in [0.25, 0.3) is 11.4 Å². The number of likely N-dealkylation sites (tertiary alicyclic amines) is 1. The molecule has 0 spiro atoms. The molecule has 1 fully saturated rings. The minimum atomic E-state index is 0.257. The van der Waals surface area contributed by atoms with Gasteiger partial charge in [-0.05, 0) is 39.4 Å². The van der Waals surface area contributed by atoms with Crippen molar-refractivity contribution < 1.29 is 4.79 Å². The number of benzene rings is 1. The van der Waals surface area contributed by atoms with Gasteiger partial charge in [-0.1, -0.05) is 24.3 Å². The lowest BCUT2D eigenvalue weighted by Crippen LogP contribution is -2.28. The van der Waals surface area contributed by atoms with Gasteiger partial charge in [0.25, 0.3) is 0 Å². The van der Waals surface area contributed by atoms with Crippen LogP contribution in [0.3, 0.4) is 0 Å². The number of aromatic nitrogens is 2. The van der Waals surface area contributed by atoms with Crippen molar-refractivity contribution in [1.82, 2.24) is 19.4 Å². The van der Waals surface area contributed by atoms with Crippen LogP contribution in [0.1, 0.15) is 37.8 Å². The molecular formula is C20H28N4O. The Bertz CT molecular complexity index is 699. The van der Waals surface area contributed by atoms with Gasteiger partial charge in [-0.15, -0.1) is 0 Å². The Morgan fingerprint density at radius 2 is 1.88 bits per heavy atom. The maximum atomic E-state index is 12.3. The van der Waals surface area contributed by atoms with E-state index in [1.807, 2.05) is 17.3 Å². The quantitative estimate of drug-likeness (QED) is 0.811. The molecule has 0 saturated carbocycles. The minimum Gasteiger partial charge on any atom is -0.343 e. The summed E-state index contributed by atoms with van der Waals surface area (Å²) < 4.78 is 2.08. The molecule has 1 aromatic heterocycles. The predicted octanol–water partition coefficient (Wildman–Crippen LogP) is 3.19. The van der Waals surface area contributed by atoms with Crippen LogP contribution in [-0.4, -0.2) is 52.4 Å². The molecule has 0 bridgehead atoms. The van der Waals surface area contributed by atoms with Crippen LogP contribution >= 0.6 is 0 Å². The van der Waals surface area contributed by atoms with Crippen LogP contribution in [0.5, 0.6) is 0 Å². The topological polar surface area (TPSA) is 41.4 Å². The second-order valence-corrected chi connectivity index (χ2v) is 7.04. The molecule has 0 N–H and O–H groups in total. The molecule has 3 rings (SSSR count). The van der Waals surface area contributed by atoms with Crippen molar-refractivity contribution in [2.24, 2.45) is 0 Å². The zero-order chi connectivity index (χ0) is 17.8. The molecule has 2 heterocycles. The highest BCUT2D eigenvalue weighted by atomic mass is 16.2. The lowest BCUT2D eigenvalue weighted by Gasteiger charge is -2.20. The molecule has 1 aliphatic rings. The molecule has 0 radical (unpaired) electrons. The number of amides is 1.